The Hall–Kier alpha value is -1.05. The summed E-state index contributed by atoms with van der Waals surface area (Å²) in [6, 6.07) is 2.38. The molecule has 3 N–H and O–H groups in total. The molecule has 0 saturated heterocycles. The Bertz CT molecular complexity index is 468. The number of primary sulfonamides is 1. The lowest BCUT2D eigenvalue weighted by molar-refractivity contribution is 0.0921. The van der Waals surface area contributed by atoms with Gasteiger partial charge in [0.15, 0.2) is 5.76 Å². The van der Waals surface area contributed by atoms with Crippen LogP contribution in [0.3, 0.4) is 0 Å². The van der Waals surface area contributed by atoms with Crippen LogP contribution in [0.2, 0.25) is 0 Å². The third-order valence-corrected chi connectivity index (χ3v) is 2.73. The molecule has 0 aliphatic heterocycles. The van der Waals surface area contributed by atoms with E-state index in [1.807, 2.05) is 0 Å². The van der Waals surface area contributed by atoms with Crippen LogP contribution < -0.4 is 10.5 Å². The number of alkyl halides is 1. The molecule has 0 aliphatic rings. The second-order valence-corrected chi connectivity index (χ2v) is 4.83. The molecule has 90 valence electrons. The van der Waals surface area contributed by atoms with E-state index in [2.05, 4.69) is 5.32 Å². The van der Waals surface area contributed by atoms with Gasteiger partial charge in [-0.2, -0.15) is 0 Å². The Balaban J connectivity index is 2.68. The molecule has 1 aromatic rings. The van der Waals surface area contributed by atoms with Gasteiger partial charge in [0, 0.05) is 12.4 Å². The summed E-state index contributed by atoms with van der Waals surface area (Å²) in [6.45, 7) is 0.397. The zero-order valence-corrected chi connectivity index (χ0v) is 9.85. The lowest BCUT2D eigenvalue weighted by Gasteiger charge is -2.00. The molecule has 0 bridgehead atoms. The molecule has 0 aliphatic carbocycles. The maximum Gasteiger partial charge on any atom is 0.287 e. The first-order valence-electron chi connectivity index (χ1n) is 4.42. The van der Waals surface area contributed by atoms with Gasteiger partial charge in [-0.3, -0.25) is 4.79 Å². The Kier molecular flexibility index (Phi) is 4.34. The summed E-state index contributed by atoms with van der Waals surface area (Å²) in [6.07, 6.45) is 0.621. The van der Waals surface area contributed by atoms with Crippen molar-refractivity contribution in [1.82, 2.24) is 5.32 Å². The molecule has 1 rings (SSSR count). The summed E-state index contributed by atoms with van der Waals surface area (Å²) < 4.78 is 26.5. The zero-order chi connectivity index (χ0) is 12.2. The van der Waals surface area contributed by atoms with Gasteiger partial charge in [-0.05, 0) is 18.6 Å². The number of hydrogen-bond acceptors (Lipinski definition) is 4. The van der Waals surface area contributed by atoms with Crippen molar-refractivity contribution in [1.29, 1.82) is 0 Å². The highest BCUT2D eigenvalue weighted by Crippen LogP contribution is 2.11. The van der Waals surface area contributed by atoms with Gasteiger partial charge < -0.3 is 9.73 Å². The summed E-state index contributed by atoms with van der Waals surface area (Å²) in [4.78, 5) is 11.4. The predicted octanol–water partition coefficient (Wildman–Crippen LogP) is 0.286. The summed E-state index contributed by atoms with van der Waals surface area (Å²) in [5.74, 6) is -0.167. The predicted molar refractivity (Wildman–Crippen MR) is 57.8 cm³/mol. The first kappa shape index (κ1) is 13.0. The summed E-state index contributed by atoms with van der Waals surface area (Å²) in [5, 5.41) is 6.90. The monoisotopic (exact) mass is 266 g/mol. The van der Waals surface area contributed by atoms with Crippen LogP contribution in [0, 0.1) is 0 Å². The first-order chi connectivity index (χ1) is 7.45. The van der Waals surface area contributed by atoms with E-state index in [-0.39, 0.29) is 5.76 Å². The van der Waals surface area contributed by atoms with Crippen molar-refractivity contribution < 1.29 is 17.6 Å². The number of halogens is 1. The van der Waals surface area contributed by atoms with Gasteiger partial charge in [-0.1, -0.05) is 0 Å². The Morgan fingerprint density at radius 3 is 2.69 bits per heavy atom. The molecule has 0 aromatic carbocycles. The fourth-order valence-corrected chi connectivity index (χ4v) is 1.55. The van der Waals surface area contributed by atoms with Crippen molar-refractivity contribution in [2.24, 2.45) is 5.14 Å². The first-order valence-corrected chi connectivity index (χ1v) is 6.50. The van der Waals surface area contributed by atoms with Crippen LogP contribution in [0.1, 0.15) is 17.0 Å². The van der Waals surface area contributed by atoms with Gasteiger partial charge in [-0.25, -0.2) is 13.6 Å². The number of rotatable bonds is 5. The lowest BCUT2D eigenvalue weighted by Crippen LogP contribution is -2.24. The second-order valence-electron chi connectivity index (χ2n) is 2.96. The molecule has 1 amide bonds. The number of furan rings is 1. The van der Waals surface area contributed by atoms with Crippen LogP contribution >= 0.6 is 11.6 Å². The number of nitrogens with two attached hydrogens (primary N) is 1. The molecule has 16 heavy (non-hydrogen) atoms. The van der Waals surface area contributed by atoms with Crippen molar-refractivity contribution in [2.75, 3.05) is 12.4 Å². The van der Waals surface area contributed by atoms with E-state index < -0.39 is 21.0 Å². The standard InChI is InChI=1S/C8H11ClN2O4S/c9-4-1-5-11-8(12)6-2-3-7(15-6)16(10,13)14/h2-3H,1,4-5H2,(H,11,12)(H2,10,13,14). The Labute approximate surface area is 97.8 Å². The van der Waals surface area contributed by atoms with Crippen molar-refractivity contribution >= 4 is 27.5 Å². The Morgan fingerprint density at radius 1 is 1.50 bits per heavy atom. The molecule has 1 aromatic heterocycles. The average molecular weight is 267 g/mol. The minimum Gasteiger partial charge on any atom is -0.438 e. The fourth-order valence-electron chi connectivity index (χ4n) is 0.951. The van der Waals surface area contributed by atoms with Crippen LogP contribution in [-0.2, 0) is 10.0 Å². The molecule has 6 nitrogen and oxygen atoms in total. The number of hydrogen-bond donors (Lipinski definition) is 2. The molecular formula is C8H11ClN2O4S. The highest BCUT2D eigenvalue weighted by atomic mass is 35.5. The number of amides is 1. The maximum atomic E-state index is 11.4. The van der Waals surface area contributed by atoms with Gasteiger partial charge in [0.25, 0.3) is 15.9 Å². The number of nitrogens with one attached hydrogen (secondary N) is 1. The number of sulfonamides is 1. The van der Waals surface area contributed by atoms with Crippen LogP contribution in [0.15, 0.2) is 21.6 Å². The summed E-state index contributed by atoms with van der Waals surface area (Å²) in [7, 11) is -3.91. The Morgan fingerprint density at radius 2 is 2.19 bits per heavy atom. The molecule has 0 radical (unpaired) electrons. The van der Waals surface area contributed by atoms with E-state index in [1.54, 1.807) is 0 Å². The summed E-state index contributed by atoms with van der Waals surface area (Å²) in [5.41, 5.74) is 0. The van der Waals surface area contributed by atoms with Gasteiger partial charge in [0.1, 0.15) is 0 Å². The van der Waals surface area contributed by atoms with Crippen molar-refractivity contribution in [2.45, 2.75) is 11.5 Å². The normalized spacial score (nSPS) is 11.4. The van der Waals surface area contributed by atoms with Crippen LogP contribution in [0.4, 0.5) is 0 Å². The van der Waals surface area contributed by atoms with Crippen LogP contribution in [0.25, 0.3) is 0 Å². The van der Waals surface area contributed by atoms with E-state index >= 15 is 0 Å². The van der Waals surface area contributed by atoms with Gasteiger partial charge in [0.2, 0.25) is 5.09 Å². The molecule has 0 unspecified atom stereocenters. The topological polar surface area (TPSA) is 102 Å². The minimum atomic E-state index is -3.91. The smallest absolute Gasteiger partial charge is 0.287 e. The molecular weight excluding hydrogens is 256 g/mol. The quantitative estimate of drug-likeness (QED) is 0.590. The largest absolute Gasteiger partial charge is 0.438 e. The van der Waals surface area contributed by atoms with E-state index in [0.717, 1.165) is 6.07 Å². The minimum absolute atomic E-state index is 0.0985. The average Bonchev–Trinajstić information content (AvgIpc) is 2.66. The van der Waals surface area contributed by atoms with E-state index in [9.17, 15) is 13.2 Å². The SMILES string of the molecule is NS(=O)(=O)c1ccc(C(=O)NCCCCl)o1. The van der Waals surface area contributed by atoms with Crippen molar-refractivity contribution in [3.8, 4) is 0 Å². The van der Waals surface area contributed by atoms with E-state index in [1.165, 1.54) is 6.07 Å². The molecule has 0 spiro atoms. The fraction of sp³-hybridized carbons (Fsp3) is 0.375. The molecule has 0 saturated carbocycles. The molecule has 0 fully saturated rings. The van der Waals surface area contributed by atoms with Gasteiger partial charge in [0.05, 0.1) is 0 Å². The third kappa shape index (κ3) is 3.51. The highest BCUT2D eigenvalue weighted by molar-refractivity contribution is 7.89. The lowest BCUT2D eigenvalue weighted by atomic mass is 10.4. The number of carbonyl (C=O) groups is 1. The maximum absolute atomic E-state index is 11.4. The molecule has 8 heteroatoms. The molecule has 0 atom stereocenters. The molecule has 1 heterocycles. The number of carbonyl (C=O) groups excluding carboxylic acids is 1. The summed E-state index contributed by atoms with van der Waals surface area (Å²) >= 11 is 5.42. The van der Waals surface area contributed by atoms with E-state index in [0.29, 0.717) is 18.8 Å². The van der Waals surface area contributed by atoms with Crippen molar-refractivity contribution in [3.63, 3.8) is 0 Å². The second kappa shape index (κ2) is 5.33. The third-order valence-electron chi connectivity index (χ3n) is 1.68. The van der Waals surface area contributed by atoms with Gasteiger partial charge >= 0.3 is 0 Å². The van der Waals surface area contributed by atoms with Gasteiger partial charge in [-0.15, -0.1) is 11.6 Å². The van der Waals surface area contributed by atoms with E-state index in [4.69, 9.17) is 21.2 Å². The zero-order valence-electron chi connectivity index (χ0n) is 8.27. The van der Waals surface area contributed by atoms with Crippen LogP contribution in [0.5, 0.6) is 0 Å². The van der Waals surface area contributed by atoms with Crippen molar-refractivity contribution in [3.05, 3.63) is 17.9 Å². The highest BCUT2D eigenvalue weighted by Gasteiger charge is 2.16. The van der Waals surface area contributed by atoms with Crippen LogP contribution in [-0.4, -0.2) is 26.7 Å².